The first-order valence-electron chi connectivity index (χ1n) is 8.11. The molecule has 0 bridgehead atoms. The highest BCUT2D eigenvalue weighted by Crippen LogP contribution is 2.65. The van der Waals surface area contributed by atoms with E-state index >= 15 is 0 Å². The number of carbonyl (C=O) groups excluding carboxylic acids is 2. The van der Waals surface area contributed by atoms with Crippen LogP contribution in [0.1, 0.15) is 43.5 Å². The van der Waals surface area contributed by atoms with Crippen LogP contribution in [0.4, 0.5) is 0 Å². The van der Waals surface area contributed by atoms with Crippen molar-refractivity contribution >= 4 is 24.4 Å². The van der Waals surface area contributed by atoms with Crippen molar-refractivity contribution in [2.24, 2.45) is 10.8 Å². The van der Waals surface area contributed by atoms with Gasteiger partial charge in [0.15, 0.2) is 0 Å². The largest absolute Gasteiger partial charge is 0.355 e. The van der Waals surface area contributed by atoms with Crippen molar-refractivity contribution in [1.82, 2.24) is 10.6 Å². The molecule has 1 aromatic rings. The van der Waals surface area contributed by atoms with Gasteiger partial charge in [-0.2, -0.15) is 12.6 Å². The van der Waals surface area contributed by atoms with E-state index in [2.05, 4.69) is 37.1 Å². The summed E-state index contributed by atoms with van der Waals surface area (Å²) in [6.07, 6.45) is 3.12. The molecule has 2 N–H and O–H groups in total. The van der Waals surface area contributed by atoms with Gasteiger partial charge >= 0.3 is 0 Å². The molecule has 0 spiro atoms. The zero-order valence-electron chi connectivity index (χ0n) is 13.9. The van der Waals surface area contributed by atoms with Gasteiger partial charge in [0.25, 0.3) is 5.91 Å². The van der Waals surface area contributed by atoms with Crippen molar-refractivity contribution in [3.63, 3.8) is 0 Å². The summed E-state index contributed by atoms with van der Waals surface area (Å²) in [6.45, 7) is 5.88. The normalized spacial score (nSPS) is 25.7. The van der Waals surface area contributed by atoms with Crippen LogP contribution in [0.5, 0.6) is 0 Å². The summed E-state index contributed by atoms with van der Waals surface area (Å²) in [5.41, 5.74) is 1.08. The molecule has 1 fully saturated rings. The predicted molar refractivity (Wildman–Crippen MR) is 95.7 cm³/mol. The smallest absolute Gasteiger partial charge is 0.251 e. The summed E-state index contributed by atoms with van der Waals surface area (Å²) >= 11 is 3.94. The molecule has 0 aliphatic heterocycles. The van der Waals surface area contributed by atoms with Crippen LogP contribution in [-0.4, -0.2) is 30.7 Å². The molecule has 2 rings (SSSR count). The zero-order valence-corrected chi connectivity index (χ0v) is 14.8. The van der Waals surface area contributed by atoms with Gasteiger partial charge in [0.05, 0.1) is 5.75 Å². The summed E-state index contributed by atoms with van der Waals surface area (Å²) in [4.78, 5) is 23.3. The maximum Gasteiger partial charge on any atom is 0.251 e. The van der Waals surface area contributed by atoms with Gasteiger partial charge in [-0.05, 0) is 42.2 Å². The van der Waals surface area contributed by atoms with Gasteiger partial charge in [-0.3, -0.25) is 9.59 Å². The highest BCUT2D eigenvalue weighted by molar-refractivity contribution is 7.81. The first-order chi connectivity index (χ1) is 10.9. The molecule has 1 saturated carbocycles. The topological polar surface area (TPSA) is 58.2 Å². The van der Waals surface area contributed by atoms with E-state index in [1.807, 2.05) is 30.3 Å². The van der Waals surface area contributed by atoms with E-state index in [4.69, 9.17) is 0 Å². The number of nitrogens with one attached hydrogen (secondary N) is 2. The average molecular weight is 334 g/mol. The fourth-order valence-electron chi connectivity index (χ4n) is 3.21. The molecule has 1 aliphatic carbocycles. The second-order valence-electron chi connectivity index (χ2n) is 6.96. The number of hydrogen-bond acceptors (Lipinski definition) is 3. The lowest BCUT2D eigenvalue weighted by molar-refractivity contribution is -0.118. The number of hydrogen-bond donors (Lipinski definition) is 3. The Hall–Kier alpha value is -1.49. The van der Waals surface area contributed by atoms with Crippen molar-refractivity contribution in [2.45, 2.75) is 33.1 Å². The van der Waals surface area contributed by atoms with Crippen molar-refractivity contribution < 1.29 is 9.59 Å². The highest BCUT2D eigenvalue weighted by atomic mass is 32.1. The van der Waals surface area contributed by atoms with Crippen LogP contribution < -0.4 is 10.6 Å². The molecule has 0 radical (unpaired) electrons. The lowest BCUT2D eigenvalue weighted by Crippen LogP contribution is -2.31. The van der Waals surface area contributed by atoms with Gasteiger partial charge in [-0.1, -0.05) is 32.0 Å². The molecular formula is C18H26N2O2S. The first kappa shape index (κ1) is 17.9. The van der Waals surface area contributed by atoms with Crippen molar-refractivity contribution in [3.05, 3.63) is 35.9 Å². The predicted octanol–water partition coefficient (Wildman–Crippen LogP) is 2.66. The van der Waals surface area contributed by atoms with E-state index in [1.54, 1.807) is 0 Å². The quantitative estimate of drug-likeness (QED) is 0.506. The molecule has 0 saturated heterocycles. The molecule has 2 unspecified atom stereocenters. The van der Waals surface area contributed by atoms with Gasteiger partial charge in [0.1, 0.15) is 0 Å². The van der Waals surface area contributed by atoms with Gasteiger partial charge < -0.3 is 10.6 Å². The van der Waals surface area contributed by atoms with Crippen molar-refractivity contribution in [1.29, 1.82) is 0 Å². The van der Waals surface area contributed by atoms with Gasteiger partial charge in [-0.15, -0.1) is 0 Å². The van der Waals surface area contributed by atoms with Crippen LogP contribution in [0.15, 0.2) is 30.3 Å². The van der Waals surface area contributed by atoms with Crippen LogP contribution >= 0.6 is 12.6 Å². The van der Waals surface area contributed by atoms with E-state index < -0.39 is 0 Å². The third kappa shape index (κ3) is 4.50. The number of rotatable bonds is 8. The van der Waals surface area contributed by atoms with Gasteiger partial charge in [-0.25, -0.2) is 0 Å². The second-order valence-corrected chi connectivity index (χ2v) is 7.27. The van der Waals surface area contributed by atoms with Crippen LogP contribution in [0.25, 0.3) is 0 Å². The summed E-state index contributed by atoms with van der Waals surface area (Å²) < 4.78 is 0. The Morgan fingerprint density at radius 3 is 2.48 bits per heavy atom. The molecule has 4 nitrogen and oxygen atoms in total. The standard InChI is InChI=1S/C18H26N2O2S/c1-17(9-6-10-19-15(21)11-23)12-18(17,2)13-20-16(22)14-7-4-3-5-8-14/h3-5,7-8,23H,6,9-13H2,1-2H3,(H,19,21)(H,20,22). The SMILES string of the molecule is CC1(CCCNC(=O)CS)CC1(C)CNC(=O)c1ccccc1. The van der Waals surface area contributed by atoms with E-state index in [9.17, 15) is 9.59 Å². The molecule has 126 valence electrons. The highest BCUT2D eigenvalue weighted by Gasteiger charge is 2.59. The fraction of sp³-hybridized carbons (Fsp3) is 0.556. The Labute approximate surface area is 143 Å². The number of amides is 2. The van der Waals surface area contributed by atoms with Gasteiger partial charge in [0.2, 0.25) is 5.91 Å². The Morgan fingerprint density at radius 1 is 1.13 bits per heavy atom. The third-order valence-corrected chi connectivity index (χ3v) is 5.45. The number of benzene rings is 1. The molecule has 5 heteroatoms. The van der Waals surface area contributed by atoms with Crippen molar-refractivity contribution in [3.8, 4) is 0 Å². The lowest BCUT2D eigenvalue weighted by Gasteiger charge is -2.19. The average Bonchev–Trinajstić information content (AvgIpc) is 3.11. The van der Waals surface area contributed by atoms with E-state index in [0.717, 1.165) is 19.3 Å². The summed E-state index contributed by atoms with van der Waals surface area (Å²) in [5, 5.41) is 5.90. The minimum absolute atomic E-state index is 0.0119. The van der Waals surface area contributed by atoms with Crippen LogP contribution in [-0.2, 0) is 4.79 Å². The summed E-state index contributed by atoms with van der Waals surface area (Å²) in [5.74, 6) is 0.204. The fourth-order valence-corrected chi connectivity index (χ4v) is 3.32. The monoisotopic (exact) mass is 334 g/mol. The van der Waals surface area contributed by atoms with E-state index in [1.165, 1.54) is 0 Å². The number of thiol groups is 1. The zero-order chi connectivity index (χ0) is 16.9. The molecule has 2 amide bonds. The number of carbonyl (C=O) groups is 2. The van der Waals surface area contributed by atoms with Crippen molar-refractivity contribution in [2.75, 3.05) is 18.8 Å². The molecular weight excluding hydrogens is 308 g/mol. The first-order valence-corrected chi connectivity index (χ1v) is 8.74. The maximum atomic E-state index is 12.1. The minimum atomic E-state index is -0.0211. The Morgan fingerprint density at radius 2 is 1.83 bits per heavy atom. The third-order valence-electron chi connectivity index (χ3n) is 5.16. The molecule has 0 aromatic heterocycles. The minimum Gasteiger partial charge on any atom is -0.355 e. The van der Waals surface area contributed by atoms with Crippen LogP contribution in [0.3, 0.4) is 0 Å². The van der Waals surface area contributed by atoms with E-state index in [-0.39, 0.29) is 28.4 Å². The van der Waals surface area contributed by atoms with Gasteiger partial charge in [0, 0.05) is 18.7 Å². The molecule has 23 heavy (non-hydrogen) atoms. The molecule has 1 aromatic carbocycles. The Balaban J connectivity index is 1.74. The second kappa shape index (κ2) is 7.39. The summed E-state index contributed by atoms with van der Waals surface area (Å²) in [6, 6.07) is 9.30. The molecule has 1 aliphatic rings. The van der Waals surface area contributed by atoms with Crippen LogP contribution in [0.2, 0.25) is 0 Å². The lowest BCUT2D eigenvalue weighted by atomic mass is 9.91. The molecule has 0 heterocycles. The van der Waals surface area contributed by atoms with Crippen LogP contribution in [0, 0.1) is 10.8 Å². The maximum absolute atomic E-state index is 12.1. The summed E-state index contributed by atoms with van der Waals surface area (Å²) in [7, 11) is 0. The Kier molecular flexibility index (Phi) is 5.74. The molecule has 2 atom stereocenters. The van der Waals surface area contributed by atoms with E-state index in [0.29, 0.717) is 18.7 Å². The Bertz CT molecular complexity index is 563.